The Morgan fingerprint density at radius 2 is 1.82 bits per heavy atom. The predicted octanol–water partition coefficient (Wildman–Crippen LogP) is 3.70. The van der Waals surface area contributed by atoms with Gasteiger partial charge in [-0.1, -0.05) is 20.3 Å². The smallest absolute Gasteiger partial charge is 0.201 e. The first kappa shape index (κ1) is 19.7. The van der Waals surface area contributed by atoms with Gasteiger partial charge in [-0.25, -0.2) is 9.78 Å². The summed E-state index contributed by atoms with van der Waals surface area (Å²) in [4.78, 5) is 14.6. The third kappa shape index (κ3) is 3.15. The first-order chi connectivity index (χ1) is 13.5. The van der Waals surface area contributed by atoms with Crippen molar-refractivity contribution in [2.24, 2.45) is 23.7 Å². The molecule has 0 N–H and O–H groups in total. The number of ether oxygens (including phenoxy) is 3. The molecule has 5 aliphatic heterocycles. The van der Waals surface area contributed by atoms with Crippen LogP contribution in [0.15, 0.2) is 0 Å². The highest BCUT2D eigenvalue weighted by Crippen LogP contribution is 2.60. The molecule has 28 heavy (non-hydrogen) atoms. The Morgan fingerprint density at radius 1 is 1.00 bits per heavy atom. The Balaban J connectivity index is 1.31. The second-order valence-corrected chi connectivity index (χ2v) is 10.0. The molecular weight excluding hydrogens is 358 g/mol. The molecule has 5 saturated heterocycles. The molecule has 0 aromatic carbocycles. The van der Waals surface area contributed by atoms with Crippen molar-refractivity contribution in [3.63, 3.8) is 0 Å². The summed E-state index contributed by atoms with van der Waals surface area (Å²) in [6, 6.07) is 0. The van der Waals surface area contributed by atoms with E-state index < -0.39 is 17.7 Å². The van der Waals surface area contributed by atoms with Gasteiger partial charge in [0.1, 0.15) is 0 Å². The van der Waals surface area contributed by atoms with Gasteiger partial charge in [0.25, 0.3) is 0 Å². The molecule has 0 aromatic heterocycles. The Labute approximate surface area is 169 Å². The summed E-state index contributed by atoms with van der Waals surface area (Å²) in [7, 11) is 0. The number of hydrogen-bond acceptors (Lipinski definition) is 6. The third-order valence-corrected chi connectivity index (χ3v) is 8.24. The molecule has 6 aliphatic rings. The second-order valence-electron chi connectivity index (χ2n) is 10.0. The van der Waals surface area contributed by atoms with Crippen molar-refractivity contribution in [3.8, 4) is 0 Å². The molecule has 1 saturated carbocycles. The van der Waals surface area contributed by atoms with Gasteiger partial charge in [-0.05, 0) is 64.0 Å². The van der Waals surface area contributed by atoms with Crippen LogP contribution in [-0.4, -0.2) is 55.1 Å². The fraction of sp³-hybridized carbons (Fsp3) is 1.00. The Bertz CT molecular complexity index is 569. The monoisotopic (exact) mass is 395 g/mol. The average molecular weight is 396 g/mol. The molecule has 2 bridgehead atoms. The Kier molecular flexibility index (Phi) is 5.26. The van der Waals surface area contributed by atoms with Crippen LogP contribution in [0.25, 0.3) is 0 Å². The quantitative estimate of drug-likeness (QED) is 0.677. The van der Waals surface area contributed by atoms with Crippen LogP contribution in [0.1, 0.15) is 65.7 Å². The van der Waals surface area contributed by atoms with Gasteiger partial charge < -0.3 is 19.1 Å². The van der Waals surface area contributed by atoms with E-state index in [2.05, 4.69) is 18.7 Å². The van der Waals surface area contributed by atoms with E-state index in [0.717, 1.165) is 32.4 Å². The zero-order valence-corrected chi connectivity index (χ0v) is 17.7. The highest BCUT2D eigenvalue weighted by molar-refractivity contribution is 5.09. The van der Waals surface area contributed by atoms with E-state index in [-0.39, 0.29) is 12.2 Å². The van der Waals surface area contributed by atoms with Crippen molar-refractivity contribution in [3.05, 3.63) is 0 Å². The topological polar surface area (TPSA) is 49.4 Å². The molecular formula is C22H37NO5. The lowest BCUT2D eigenvalue weighted by atomic mass is 9.58. The summed E-state index contributed by atoms with van der Waals surface area (Å²) in [5, 5.41) is 0. The minimum Gasteiger partial charge on any atom is -0.351 e. The summed E-state index contributed by atoms with van der Waals surface area (Å²) in [5.41, 5.74) is -0.486. The van der Waals surface area contributed by atoms with E-state index >= 15 is 0 Å². The van der Waals surface area contributed by atoms with Crippen LogP contribution in [0.4, 0.5) is 0 Å². The van der Waals surface area contributed by atoms with Crippen molar-refractivity contribution in [1.82, 2.24) is 4.90 Å². The lowest BCUT2D eigenvalue weighted by molar-refractivity contribution is -0.577. The molecule has 6 fully saturated rings. The summed E-state index contributed by atoms with van der Waals surface area (Å²) >= 11 is 0. The summed E-state index contributed by atoms with van der Waals surface area (Å²) in [6.07, 6.45) is 7.63. The summed E-state index contributed by atoms with van der Waals surface area (Å²) in [6.45, 7) is 10.7. The van der Waals surface area contributed by atoms with Gasteiger partial charge in [0.05, 0.1) is 6.61 Å². The van der Waals surface area contributed by atoms with E-state index in [0.29, 0.717) is 17.8 Å². The Morgan fingerprint density at radius 3 is 2.64 bits per heavy atom. The van der Waals surface area contributed by atoms with Crippen molar-refractivity contribution < 1.29 is 24.0 Å². The molecule has 0 radical (unpaired) electrons. The molecule has 0 amide bonds. The predicted molar refractivity (Wildman–Crippen MR) is 103 cm³/mol. The van der Waals surface area contributed by atoms with Gasteiger partial charge in [0.15, 0.2) is 18.2 Å². The number of likely N-dealkylation sites (tertiary alicyclic amines) is 1. The first-order valence-electron chi connectivity index (χ1n) is 11.6. The fourth-order valence-electron chi connectivity index (χ4n) is 6.54. The van der Waals surface area contributed by atoms with E-state index in [4.69, 9.17) is 24.0 Å². The molecule has 6 nitrogen and oxygen atoms in total. The zero-order chi connectivity index (χ0) is 19.4. The maximum absolute atomic E-state index is 6.48. The van der Waals surface area contributed by atoms with Gasteiger partial charge in [-0.3, -0.25) is 0 Å². The zero-order valence-electron chi connectivity index (χ0n) is 17.7. The van der Waals surface area contributed by atoms with Crippen molar-refractivity contribution >= 4 is 0 Å². The standard InChI is InChI=1S/C22H37NO5/c1-15-7-8-18-16(2)19(24-14-13-23-11-5-4-6-12-23)25-20-22(18)17(15)9-10-21(3,26-20)27-28-22/h15-20H,4-14H2,1-3H3/t15-,16-,17?,18?,19+,20?,21?,22-/m1/s1. The minimum atomic E-state index is -0.712. The number of fused-ring (bicyclic) bond motifs is 2. The van der Waals surface area contributed by atoms with E-state index in [1.807, 2.05) is 6.92 Å². The molecule has 1 spiro atoms. The van der Waals surface area contributed by atoms with Gasteiger partial charge in [0.2, 0.25) is 5.79 Å². The van der Waals surface area contributed by atoms with Crippen molar-refractivity contribution in [1.29, 1.82) is 0 Å². The second kappa shape index (κ2) is 7.47. The molecule has 0 aromatic rings. The SMILES string of the molecule is C[C@@H]1CCC2[C@@H](C)[C@@H](OCCN3CCCCC3)OC3OC4(C)CCC1[C@]32OO4. The molecule has 6 heteroatoms. The van der Waals surface area contributed by atoms with Crippen LogP contribution >= 0.6 is 0 Å². The van der Waals surface area contributed by atoms with Crippen LogP contribution in [-0.2, 0) is 24.0 Å². The van der Waals surface area contributed by atoms with Crippen LogP contribution in [0.5, 0.6) is 0 Å². The van der Waals surface area contributed by atoms with Crippen LogP contribution in [0, 0.1) is 23.7 Å². The van der Waals surface area contributed by atoms with Crippen LogP contribution < -0.4 is 0 Å². The summed E-state index contributed by atoms with van der Waals surface area (Å²) < 4.78 is 19.2. The van der Waals surface area contributed by atoms with Crippen molar-refractivity contribution in [2.45, 2.75) is 89.7 Å². The molecule has 160 valence electrons. The highest BCUT2D eigenvalue weighted by atomic mass is 17.3. The molecule has 6 rings (SSSR count). The molecule has 5 heterocycles. The number of hydrogen-bond donors (Lipinski definition) is 0. The number of rotatable bonds is 4. The Hall–Kier alpha value is -0.240. The number of piperidine rings is 1. The van der Waals surface area contributed by atoms with Crippen LogP contribution in [0.3, 0.4) is 0 Å². The molecule has 8 atom stereocenters. The first-order valence-corrected chi connectivity index (χ1v) is 11.6. The maximum Gasteiger partial charge on any atom is 0.201 e. The van der Waals surface area contributed by atoms with Gasteiger partial charge >= 0.3 is 0 Å². The minimum absolute atomic E-state index is 0.231. The van der Waals surface area contributed by atoms with E-state index in [9.17, 15) is 0 Å². The lowest BCUT2D eigenvalue weighted by Gasteiger charge is -2.60. The van der Waals surface area contributed by atoms with Gasteiger partial charge in [-0.2, -0.15) is 0 Å². The average Bonchev–Trinajstić information content (AvgIpc) is 2.92. The van der Waals surface area contributed by atoms with Gasteiger partial charge in [0, 0.05) is 24.8 Å². The van der Waals surface area contributed by atoms with E-state index in [1.165, 1.54) is 38.8 Å². The number of nitrogens with zero attached hydrogens (tertiary/aromatic N) is 1. The highest BCUT2D eigenvalue weighted by Gasteiger charge is 2.69. The van der Waals surface area contributed by atoms with Gasteiger partial charge in [-0.15, -0.1) is 0 Å². The maximum atomic E-state index is 6.48. The summed E-state index contributed by atoms with van der Waals surface area (Å²) in [5.74, 6) is 0.907. The van der Waals surface area contributed by atoms with Crippen LogP contribution in [0.2, 0.25) is 0 Å². The van der Waals surface area contributed by atoms with E-state index in [1.54, 1.807) is 0 Å². The fourth-order valence-corrected chi connectivity index (χ4v) is 6.54. The molecule has 4 unspecified atom stereocenters. The normalized spacial score (nSPS) is 51.5. The third-order valence-electron chi connectivity index (χ3n) is 8.24. The largest absolute Gasteiger partial charge is 0.351 e. The lowest BCUT2D eigenvalue weighted by Crippen LogP contribution is -2.70. The van der Waals surface area contributed by atoms with Crippen molar-refractivity contribution in [2.75, 3.05) is 26.2 Å². The molecule has 1 aliphatic carbocycles.